The highest BCUT2D eigenvalue weighted by Crippen LogP contribution is 2.39. The van der Waals surface area contributed by atoms with Gasteiger partial charge in [-0.15, -0.1) is 16.4 Å². The molecular weight excluding hydrogens is 502 g/mol. The summed E-state index contributed by atoms with van der Waals surface area (Å²) in [6, 6.07) is 9.12. The summed E-state index contributed by atoms with van der Waals surface area (Å²) < 4.78 is 8.29. The van der Waals surface area contributed by atoms with Crippen LogP contribution in [0.5, 0.6) is 11.5 Å². The zero-order valence-electron chi connectivity index (χ0n) is 23.3. The first kappa shape index (κ1) is 28.0. The molecule has 1 aliphatic heterocycles. The summed E-state index contributed by atoms with van der Waals surface area (Å²) in [5.41, 5.74) is 9.93. The Morgan fingerprint density at radius 3 is 2.17 bits per heavy atom. The van der Waals surface area contributed by atoms with E-state index in [0.29, 0.717) is 29.7 Å². The van der Waals surface area contributed by atoms with Crippen molar-refractivity contribution in [3.8, 4) is 22.6 Å². The zero-order chi connectivity index (χ0) is 28.8. The Labute approximate surface area is 248 Å². The molecule has 6 rings (SSSR count). The first-order valence-electron chi connectivity index (χ1n) is 14.1. The predicted molar refractivity (Wildman–Crippen MR) is 171 cm³/mol. The number of nitrogen functional groups attached to an aromatic ring is 1. The van der Waals surface area contributed by atoms with Gasteiger partial charge in [0.05, 0.1) is 5.39 Å². The standard InChI is InChI=1S/C29H29B5N6O/c1-15-12-39(11-10-36-15)17-4-6-18(7-5-17)40-13-20(21-28(35)37-14-38-29(21)40)16-2-8-19(9-3-16)41-27-25(33)23(31)22(30)24(32)26(27)34/h2-3,8-9,13-15,17-18,36H,4-7,10-12H2,1H3,(H2,35,37,38)/t15-,17?,18?/m0/s1. The molecule has 2 fully saturated rings. The number of anilines is 1. The van der Waals surface area contributed by atoms with Crippen molar-refractivity contribution in [3.05, 3.63) is 36.8 Å². The van der Waals surface area contributed by atoms with Gasteiger partial charge in [-0.1, -0.05) is 23.1 Å². The van der Waals surface area contributed by atoms with Crippen LogP contribution in [0.25, 0.3) is 22.2 Å². The monoisotopic (exact) mass is 532 g/mol. The van der Waals surface area contributed by atoms with Gasteiger partial charge in [-0.3, -0.25) is 4.90 Å². The fourth-order valence-corrected chi connectivity index (χ4v) is 6.36. The molecule has 2 aromatic carbocycles. The maximum Gasteiger partial charge on any atom is 0.146 e. The number of nitrogens with one attached hydrogen (secondary N) is 1. The van der Waals surface area contributed by atoms with Crippen molar-refractivity contribution in [1.29, 1.82) is 0 Å². The Hall–Kier alpha value is -3.10. The molecule has 2 aromatic heterocycles. The number of hydrogen-bond acceptors (Lipinski definition) is 6. The van der Waals surface area contributed by atoms with Crippen molar-refractivity contribution >= 4 is 83.4 Å². The molecule has 41 heavy (non-hydrogen) atoms. The Kier molecular flexibility index (Phi) is 7.72. The third kappa shape index (κ3) is 5.21. The number of benzene rings is 2. The predicted octanol–water partition coefficient (Wildman–Crippen LogP) is -0.781. The van der Waals surface area contributed by atoms with E-state index in [1.807, 2.05) is 24.3 Å². The lowest BCUT2D eigenvalue weighted by Gasteiger charge is -2.41. The molecule has 1 saturated carbocycles. The number of nitrogens with zero attached hydrogens (tertiary/aromatic N) is 4. The summed E-state index contributed by atoms with van der Waals surface area (Å²) >= 11 is 0. The third-order valence-corrected chi connectivity index (χ3v) is 8.65. The number of hydrogen-bond donors (Lipinski definition) is 2. The molecular formula is C29H29B5N6O. The van der Waals surface area contributed by atoms with E-state index in [1.165, 1.54) is 12.8 Å². The molecule has 4 aromatic rings. The van der Waals surface area contributed by atoms with Gasteiger partial charge in [0.1, 0.15) is 68.5 Å². The van der Waals surface area contributed by atoms with Gasteiger partial charge in [0, 0.05) is 49.5 Å². The van der Waals surface area contributed by atoms with Gasteiger partial charge < -0.3 is 20.4 Å². The van der Waals surface area contributed by atoms with Crippen LogP contribution in [0.4, 0.5) is 5.82 Å². The quantitative estimate of drug-likeness (QED) is 0.329. The molecule has 7 nitrogen and oxygen atoms in total. The lowest BCUT2D eigenvalue weighted by Crippen LogP contribution is -2.54. The Bertz CT molecular complexity index is 1560. The Morgan fingerprint density at radius 2 is 1.51 bits per heavy atom. The van der Waals surface area contributed by atoms with Crippen LogP contribution in [0, 0.1) is 0 Å². The summed E-state index contributed by atoms with van der Waals surface area (Å²) in [5, 5.41) is 4.40. The second-order valence-corrected chi connectivity index (χ2v) is 11.2. The summed E-state index contributed by atoms with van der Waals surface area (Å²) in [6.45, 7) is 5.57. The lowest BCUT2D eigenvalue weighted by molar-refractivity contribution is 0.107. The van der Waals surface area contributed by atoms with E-state index in [1.54, 1.807) is 6.33 Å². The second kappa shape index (κ2) is 11.3. The van der Waals surface area contributed by atoms with Crippen molar-refractivity contribution < 1.29 is 4.74 Å². The highest BCUT2D eigenvalue weighted by atomic mass is 16.5. The number of fused-ring (bicyclic) bond motifs is 1. The summed E-state index contributed by atoms with van der Waals surface area (Å²) in [5.74, 6) is 1.16. The molecule has 2 aliphatic rings. The largest absolute Gasteiger partial charge is 0.459 e. The molecule has 1 saturated heterocycles. The van der Waals surface area contributed by atoms with Crippen LogP contribution in [-0.2, 0) is 0 Å². The van der Waals surface area contributed by atoms with Gasteiger partial charge in [0.15, 0.2) is 0 Å². The van der Waals surface area contributed by atoms with Gasteiger partial charge in [0.2, 0.25) is 0 Å². The summed E-state index contributed by atoms with van der Waals surface area (Å²) in [7, 11) is 30.1. The third-order valence-electron chi connectivity index (χ3n) is 8.65. The van der Waals surface area contributed by atoms with Gasteiger partial charge in [-0.2, -0.15) is 0 Å². The molecule has 1 aliphatic carbocycles. The van der Waals surface area contributed by atoms with Crippen molar-refractivity contribution in [2.75, 3.05) is 25.4 Å². The fraction of sp³-hybridized carbons (Fsp3) is 0.379. The van der Waals surface area contributed by atoms with Crippen LogP contribution >= 0.6 is 0 Å². The maximum absolute atomic E-state index is 6.41. The smallest absolute Gasteiger partial charge is 0.146 e. The van der Waals surface area contributed by atoms with E-state index in [4.69, 9.17) is 49.7 Å². The summed E-state index contributed by atoms with van der Waals surface area (Å²) in [6.07, 6.45) is 8.25. The van der Waals surface area contributed by atoms with Gasteiger partial charge >= 0.3 is 0 Å². The molecule has 196 valence electrons. The van der Waals surface area contributed by atoms with Gasteiger partial charge in [-0.25, -0.2) is 9.97 Å². The SMILES string of the molecule is [B]c1c([B])c([B])c(Oc2ccc(-c3cn(C4CCC(N5CCN[C@@H](C)C5)CC4)c4ncnc(N)c34)cc2)c([B])c1[B]. The molecule has 3 N–H and O–H groups in total. The van der Waals surface area contributed by atoms with Gasteiger partial charge in [0.25, 0.3) is 0 Å². The molecule has 1 atom stereocenters. The number of rotatable bonds is 5. The lowest BCUT2D eigenvalue weighted by atomic mass is 9.62. The van der Waals surface area contributed by atoms with Crippen LogP contribution in [0.2, 0.25) is 0 Å². The van der Waals surface area contributed by atoms with E-state index in [2.05, 4.69) is 37.9 Å². The van der Waals surface area contributed by atoms with E-state index < -0.39 is 0 Å². The van der Waals surface area contributed by atoms with Crippen LogP contribution < -0.4 is 43.1 Å². The topological polar surface area (TPSA) is 81.2 Å². The zero-order valence-corrected chi connectivity index (χ0v) is 23.3. The first-order chi connectivity index (χ1) is 19.7. The number of piperazine rings is 1. The fourth-order valence-electron chi connectivity index (χ4n) is 6.36. The number of aromatic nitrogens is 3. The molecule has 3 heterocycles. The molecule has 0 amide bonds. The molecule has 12 heteroatoms. The van der Waals surface area contributed by atoms with E-state index in [9.17, 15) is 0 Å². The first-order valence-corrected chi connectivity index (χ1v) is 14.1. The van der Waals surface area contributed by atoms with Crippen molar-refractivity contribution in [1.82, 2.24) is 24.8 Å². The molecule has 0 bridgehead atoms. The second-order valence-electron chi connectivity index (χ2n) is 11.2. The average Bonchev–Trinajstić information content (AvgIpc) is 3.39. The van der Waals surface area contributed by atoms with Crippen LogP contribution in [0.15, 0.2) is 36.8 Å². The minimum atomic E-state index is 0.142. The molecule has 0 spiro atoms. The van der Waals surface area contributed by atoms with E-state index >= 15 is 0 Å². The summed E-state index contributed by atoms with van der Waals surface area (Å²) in [4.78, 5) is 11.6. The van der Waals surface area contributed by atoms with Gasteiger partial charge in [-0.05, 0) is 50.3 Å². The minimum absolute atomic E-state index is 0.142. The van der Waals surface area contributed by atoms with Crippen LogP contribution in [0.1, 0.15) is 38.6 Å². The Balaban J connectivity index is 1.26. The van der Waals surface area contributed by atoms with Crippen molar-refractivity contribution in [3.63, 3.8) is 0 Å². The maximum atomic E-state index is 6.41. The highest BCUT2D eigenvalue weighted by Gasteiger charge is 2.30. The van der Waals surface area contributed by atoms with E-state index in [-0.39, 0.29) is 33.1 Å². The van der Waals surface area contributed by atoms with Crippen LogP contribution in [0.3, 0.4) is 0 Å². The molecule has 0 unspecified atom stereocenters. The minimum Gasteiger partial charge on any atom is -0.459 e. The highest BCUT2D eigenvalue weighted by molar-refractivity contribution is 6.67. The van der Waals surface area contributed by atoms with E-state index in [0.717, 1.165) is 54.6 Å². The van der Waals surface area contributed by atoms with Crippen LogP contribution in [-0.4, -0.2) is 90.4 Å². The average molecular weight is 532 g/mol. The Morgan fingerprint density at radius 1 is 0.878 bits per heavy atom. The molecule has 10 radical (unpaired) electrons. The number of nitrogens with two attached hydrogens (primary N) is 1. The normalized spacial score (nSPS) is 21.7. The van der Waals surface area contributed by atoms with Crippen molar-refractivity contribution in [2.24, 2.45) is 0 Å². The number of ether oxygens (including phenoxy) is 1. The van der Waals surface area contributed by atoms with Crippen molar-refractivity contribution in [2.45, 2.75) is 50.7 Å².